The van der Waals surface area contributed by atoms with Crippen LogP contribution < -0.4 is 10.9 Å². The van der Waals surface area contributed by atoms with Crippen LogP contribution in [0.2, 0.25) is 0 Å². The van der Waals surface area contributed by atoms with E-state index in [9.17, 15) is 26.8 Å². The van der Waals surface area contributed by atoms with Gasteiger partial charge < -0.3 is 9.88 Å². The number of hydrogen-bond acceptors (Lipinski definition) is 5. The van der Waals surface area contributed by atoms with Gasteiger partial charge in [0.25, 0.3) is 11.3 Å². The second kappa shape index (κ2) is 9.99. The number of carbonyl (C=O) groups excluding carboxylic acids is 1. The van der Waals surface area contributed by atoms with Gasteiger partial charge in [-0.25, -0.2) is 8.42 Å². The van der Waals surface area contributed by atoms with Crippen LogP contribution in [0, 0.1) is 0 Å². The van der Waals surface area contributed by atoms with Crippen molar-refractivity contribution < 1.29 is 22.0 Å². The number of sulfonamides is 1. The van der Waals surface area contributed by atoms with Crippen molar-refractivity contribution in [3.05, 3.63) is 52.9 Å². The number of pyridine rings is 1. The number of hydrogen-bond donors (Lipinski definition) is 1. The monoisotopic (exact) mass is 445 g/mol. The summed E-state index contributed by atoms with van der Waals surface area (Å²) in [5.74, 6) is -3.10. The number of thioether (sulfide) groups is 1. The van der Waals surface area contributed by atoms with Crippen LogP contribution >= 0.6 is 11.8 Å². The summed E-state index contributed by atoms with van der Waals surface area (Å²) in [6.07, 6.45) is 1.14. The fourth-order valence-corrected chi connectivity index (χ4v) is 4.55. The number of benzene rings is 1. The molecule has 158 valence electrons. The minimum Gasteiger partial charge on any atom is -0.325 e. The highest BCUT2D eigenvalue weighted by molar-refractivity contribution is 7.99. The van der Waals surface area contributed by atoms with Crippen molar-refractivity contribution in [2.75, 3.05) is 18.4 Å². The van der Waals surface area contributed by atoms with E-state index in [2.05, 4.69) is 5.32 Å². The predicted octanol–water partition coefficient (Wildman–Crippen LogP) is 2.83. The Morgan fingerprint density at radius 2 is 1.76 bits per heavy atom. The molecule has 2 rings (SSSR count). The SMILES string of the molecule is CCN(CC)S(=O)(=O)c1ccc(=O)n(CC(=O)Nc2ccc(SC(F)F)cc2)c1. The number of nitrogens with one attached hydrogen (secondary N) is 1. The van der Waals surface area contributed by atoms with Crippen LogP contribution in [0.15, 0.2) is 57.2 Å². The Bertz CT molecular complexity index is 1000. The first-order valence-corrected chi connectivity index (χ1v) is 11.0. The van der Waals surface area contributed by atoms with E-state index in [1.165, 1.54) is 34.6 Å². The zero-order valence-corrected chi connectivity index (χ0v) is 17.5. The standard InChI is InChI=1S/C18H21F2N3O4S2/c1-3-23(4-2)29(26,27)15-9-10-17(25)22(11-15)12-16(24)21-13-5-7-14(8-6-13)28-18(19)20/h5-11,18H,3-4,12H2,1-2H3,(H,21,24). The Labute approximate surface area is 171 Å². The minimum absolute atomic E-state index is 0.0815. The number of nitrogens with zero attached hydrogens (tertiary/aromatic N) is 2. The third-order valence-corrected chi connectivity index (χ3v) is 6.73. The Hall–Kier alpha value is -2.24. The van der Waals surface area contributed by atoms with Gasteiger partial charge in [-0.1, -0.05) is 25.6 Å². The molecule has 0 spiro atoms. The van der Waals surface area contributed by atoms with E-state index in [1.807, 2.05) is 0 Å². The second-order valence-electron chi connectivity index (χ2n) is 5.87. The van der Waals surface area contributed by atoms with Crippen molar-refractivity contribution in [1.82, 2.24) is 8.87 Å². The van der Waals surface area contributed by atoms with Gasteiger partial charge in [-0.3, -0.25) is 9.59 Å². The van der Waals surface area contributed by atoms with Crippen molar-refractivity contribution in [3.63, 3.8) is 0 Å². The third-order valence-electron chi connectivity index (χ3n) is 3.98. The molecule has 0 bridgehead atoms. The molecule has 0 atom stereocenters. The number of carbonyl (C=O) groups is 1. The summed E-state index contributed by atoms with van der Waals surface area (Å²) >= 11 is 0.388. The zero-order valence-electron chi connectivity index (χ0n) is 15.8. The Morgan fingerprint density at radius 1 is 1.14 bits per heavy atom. The van der Waals surface area contributed by atoms with E-state index < -0.39 is 33.8 Å². The lowest BCUT2D eigenvalue weighted by atomic mass is 10.3. The fraction of sp³-hybridized carbons (Fsp3) is 0.333. The average molecular weight is 446 g/mol. The van der Waals surface area contributed by atoms with Gasteiger partial charge in [0.15, 0.2) is 0 Å². The summed E-state index contributed by atoms with van der Waals surface area (Å²) in [5.41, 5.74) is -0.157. The van der Waals surface area contributed by atoms with E-state index >= 15 is 0 Å². The number of anilines is 1. The van der Waals surface area contributed by atoms with E-state index in [0.717, 1.165) is 16.8 Å². The molecule has 0 fully saturated rings. The molecule has 0 aliphatic rings. The minimum atomic E-state index is -3.77. The predicted molar refractivity (Wildman–Crippen MR) is 108 cm³/mol. The van der Waals surface area contributed by atoms with E-state index in [1.54, 1.807) is 13.8 Å². The van der Waals surface area contributed by atoms with Gasteiger partial charge in [0.2, 0.25) is 15.9 Å². The van der Waals surface area contributed by atoms with Gasteiger partial charge in [-0.15, -0.1) is 0 Å². The van der Waals surface area contributed by atoms with Crippen LogP contribution in [-0.2, 0) is 21.4 Å². The van der Waals surface area contributed by atoms with Crippen molar-refractivity contribution in [2.45, 2.75) is 35.9 Å². The molecule has 2 aromatic rings. The van der Waals surface area contributed by atoms with Crippen molar-refractivity contribution in [2.24, 2.45) is 0 Å². The Morgan fingerprint density at radius 3 is 2.31 bits per heavy atom. The summed E-state index contributed by atoms with van der Waals surface area (Å²) in [4.78, 5) is 24.6. The highest BCUT2D eigenvalue weighted by Crippen LogP contribution is 2.26. The van der Waals surface area contributed by atoms with E-state index in [4.69, 9.17) is 0 Å². The van der Waals surface area contributed by atoms with Crippen LogP contribution in [-0.4, -0.2) is 42.0 Å². The van der Waals surface area contributed by atoms with Gasteiger partial charge in [-0.05, 0) is 30.3 Å². The quantitative estimate of drug-likeness (QED) is 0.600. The Balaban J connectivity index is 2.15. The molecular weight excluding hydrogens is 424 g/mol. The summed E-state index contributed by atoms with van der Waals surface area (Å²) in [7, 11) is -3.77. The second-order valence-corrected chi connectivity index (χ2v) is 8.87. The molecule has 1 aromatic heterocycles. The van der Waals surface area contributed by atoms with Crippen LogP contribution in [0.4, 0.5) is 14.5 Å². The molecule has 0 saturated carbocycles. The maximum Gasteiger partial charge on any atom is 0.288 e. The van der Waals surface area contributed by atoms with Crippen LogP contribution in [0.25, 0.3) is 0 Å². The number of halogens is 2. The highest BCUT2D eigenvalue weighted by Gasteiger charge is 2.22. The normalized spacial score (nSPS) is 11.8. The van der Waals surface area contributed by atoms with Crippen LogP contribution in [0.1, 0.15) is 13.8 Å². The lowest BCUT2D eigenvalue weighted by Gasteiger charge is -2.19. The Kier molecular flexibility index (Phi) is 7.94. The first-order chi connectivity index (χ1) is 13.7. The van der Waals surface area contributed by atoms with Gasteiger partial charge in [0.1, 0.15) is 6.54 Å². The molecule has 11 heteroatoms. The fourth-order valence-electron chi connectivity index (χ4n) is 2.57. The number of rotatable bonds is 9. The summed E-state index contributed by atoms with van der Waals surface area (Å²) in [5, 5.41) is 2.55. The van der Waals surface area contributed by atoms with Crippen molar-refractivity contribution >= 4 is 33.4 Å². The van der Waals surface area contributed by atoms with Crippen molar-refractivity contribution in [1.29, 1.82) is 0 Å². The number of alkyl halides is 2. The first-order valence-electron chi connectivity index (χ1n) is 8.72. The van der Waals surface area contributed by atoms with Crippen LogP contribution in [0.3, 0.4) is 0 Å². The van der Waals surface area contributed by atoms with E-state index in [-0.39, 0.29) is 18.0 Å². The number of amides is 1. The van der Waals surface area contributed by atoms with Gasteiger partial charge in [0.05, 0.1) is 4.90 Å². The van der Waals surface area contributed by atoms with Gasteiger partial charge in [-0.2, -0.15) is 13.1 Å². The highest BCUT2D eigenvalue weighted by atomic mass is 32.2. The van der Waals surface area contributed by atoms with Gasteiger partial charge >= 0.3 is 0 Å². The lowest BCUT2D eigenvalue weighted by molar-refractivity contribution is -0.116. The molecule has 7 nitrogen and oxygen atoms in total. The molecule has 0 saturated heterocycles. The largest absolute Gasteiger partial charge is 0.325 e. The molecule has 1 heterocycles. The molecule has 1 amide bonds. The lowest BCUT2D eigenvalue weighted by Crippen LogP contribution is -2.33. The molecule has 1 aromatic carbocycles. The maximum absolute atomic E-state index is 12.6. The smallest absolute Gasteiger partial charge is 0.288 e. The summed E-state index contributed by atoms with van der Waals surface area (Å²) < 4.78 is 52.1. The topological polar surface area (TPSA) is 88.5 Å². The van der Waals surface area contributed by atoms with Gasteiger partial charge in [0, 0.05) is 35.9 Å². The van der Waals surface area contributed by atoms with E-state index in [0.29, 0.717) is 22.3 Å². The zero-order chi connectivity index (χ0) is 21.6. The molecular formula is C18H21F2N3O4S2. The van der Waals surface area contributed by atoms with Crippen LogP contribution in [0.5, 0.6) is 0 Å². The first kappa shape index (κ1) is 23.0. The number of aromatic nitrogens is 1. The summed E-state index contributed by atoms with van der Waals surface area (Å²) in [6, 6.07) is 8.12. The third kappa shape index (κ3) is 6.12. The van der Waals surface area contributed by atoms with Crippen molar-refractivity contribution in [3.8, 4) is 0 Å². The summed E-state index contributed by atoms with van der Waals surface area (Å²) in [6.45, 7) is 3.57. The molecule has 0 aliphatic heterocycles. The maximum atomic E-state index is 12.6. The molecule has 0 unspecified atom stereocenters. The average Bonchev–Trinajstić information content (AvgIpc) is 2.65. The molecule has 0 radical (unpaired) electrons. The molecule has 0 aliphatic carbocycles. The molecule has 1 N–H and O–H groups in total. The molecule has 29 heavy (non-hydrogen) atoms.